The summed E-state index contributed by atoms with van der Waals surface area (Å²) >= 11 is 0. The third kappa shape index (κ3) is 2.64. The van der Waals surface area contributed by atoms with E-state index >= 15 is 0 Å². The molecule has 0 N–H and O–H groups in total. The molecule has 0 aliphatic rings. The van der Waals surface area contributed by atoms with Crippen molar-refractivity contribution in [1.82, 2.24) is 0 Å². The van der Waals surface area contributed by atoms with Crippen molar-refractivity contribution in [1.29, 1.82) is 0 Å². The van der Waals surface area contributed by atoms with Gasteiger partial charge in [0.25, 0.3) is 0 Å². The van der Waals surface area contributed by atoms with Gasteiger partial charge >= 0.3 is 0 Å². The predicted molar refractivity (Wildman–Crippen MR) is 70.6 cm³/mol. The number of hydrogen-bond acceptors (Lipinski definition) is 4. The Bertz CT molecular complexity index is 475. The fourth-order valence-corrected chi connectivity index (χ4v) is 1.84. The van der Waals surface area contributed by atoms with Crippen LogP contribution in [-0.4, -0.2) is 27.6 Å². The van der Waals surface area contributed by atoms with Gasteiger partial charge in [-0.15, -0.1) is 0 Å². The van der Waals surface area contributed by atoms with Crippen LogP contribution in [0.1, 0.15) is 18.1 Å². The van der Waals surface area contributed by atoms with Gasteiger partial charge in [-0.1, -0.05) is 0 Å². The van der Waals surface area contributed by atoms with Crippen molar-refractivity contribution in [3.05, 3.63) is 22.8 Å². The molecule has 18 heavy (non-hydrogen) atoms. The molecule has 0 aliphatic heterocycles. The average Bonchev–Trinajstić information content (AvgIpc) is 2.38. The van der Waals surface area contributed by atoms with Crippen LogP contribution in [0.4, 0.5) is 0 Å². The van der Waals surface area contributed by atoms with Gasteiger partial charge in [-0.3, -0.25) is 4.79 Å². The molecule has 4 heteroatoms. The molecule has 0 amide bonds. The highest BCUT2D eigenvalue weighted by atomic mass is 16.5. The summed E-state index contributed by atoms with van der Waals surface area (Å²) in [6.45, 7) is 3.62. The Morgan fingerprint density at radius 1 is 1.11 bits per heavy atom. The first-order chi connectivity index (χ1) is 8.58. The summed E-state index contributed by atoms with van der Waals surface area (Å²) in [6, 6.07) is 1.79. The lowest BCUT2D eigenvalue weighted by Crippen LogP contribution is -1.99. The maximum absolute atomic E-state index is 10.7. The first kappa shape index (κ1) is 14.1. The molecule has 0 heterocycles. The molecule has 0 bridgehead atoms. The summed E-state index contributed by atoms with van der Waals surface area (Å²) in [6.07, 6.45) is 2.55. The Kier molecular flexibility index (Phi) is 4.77. The topological polar surface area (TPSA) is 44.8 Å². The molecule has 0 saturated carbocycles. The molecule has 4 nitrogen and oxygen atoms in total. The highest BCUT2D eigenvalue weighted by molar-refractivity contribution is 5.83. The molecule has 0 aliphatic carbocycles. The van der Waals surface area contributed by atoms with Gasteiger partial charge in [0.2, 0.25) is 0 Å². The second-order valence-corrected chi connectivity index (χ2v) is 3.87. The van der Waals surface area contributed by atoms with Crippen molar-refractivity contribution in [3.63, 3.8) is 0 Å². The first-order valence-electron chi connectivity index (χ1n) is 5.52. The van der Waals surface area contributed by atoms with Crippen molar-refractivity contribution >= 4 is 12.4 Å². The van der Waals surface area contributed by atoms with E-state index in [-0.39, 0.29) is 0 Å². The molecule has 1 aromatic carbocycles. The van der Waals surface area contributed by atoms with Crippen molar-refractivity contribution < 1.29 is 19.0 Å². The molecule has 0 radical (unpaired) electrons. The monoisotopic (exact) mass is 250 g/mol. The molecule has 0 aromatic heterocycles. The minimum Gasteiger partial charge on any atom is -0.496 e. The lowest BCUT2D eigenvalue weighted by Gasteiger charge is -2.16. The molecule has 0 unspecified atom stereocenters. The normalized spacial score (nSPS) is 11.1. The summed E-state index contributed by atoms with van der Waals surface area (Å²) in [5.74, 6) is 1.92. The minimum absolute atomic E-state index is 0.611. The maximum Gasteiger partial charge on any atom is 0.167 e. The Labute approximate surface area is 107 Å². The van der Waals surface area contributed by atoms with Gasteiger partial charge in [0.15, 0.2) is 11.5 Å². The quantitative estimate of drug-likeness (QED) is 0.595. The summed E-state index contributed by atoms with van der Waals surface area (Å²) < 4.78 is 15.9. The SMILES string of the molecule is COc1cc(/C=C(\C)C=O)c(OC)c(C)c1OC. The van der Waals surface area contributed by atoms with E-state index in [4.69, 9.17) is 14.2 Å². The van der Waals surface area contributed by atoms with E-state index in [2.05, 4.69) is 0 Å². The number of carbonyl (C=O) groups excluding carboxylic acids is 1. The minimum atomic E-state index is 0.611. The van der Waals surface area contributed by atoms with Gasteiger partial charge < -0.3 is 14.2 Å². The lowest BCUT2D eigenvalue weighted by atomic mass is 10.1. The third-order valence-corrected chi connectivity index (χ3v) is 2.65. The second-order valence-electron chi connectivity index (χ2n) is 3.87. The highest BCUT2D eigenvalue weighted by Gasteiger charge is 2.16. The lowest BCUT2D eigenvalue weighted by molar-refractivity contribution is -0.104. The number of benzene rings is 1. The van der Waals surface area contributed by atoms with Crippen LogP contribution in [-0.2, 0) is 4.79 Å². The zero-order valence-electron chi connectivity index (χ0n) is 11.4. The van der Waals surface area contributed by atoms with Crippen molar-refractivity contribution in [3.8, 4) is 17.2 Å². The fraction of sp³-hybridized carbons (Fsp3) is 0.357. The third-order valence-electron chi connectivity index (χ3n) is 2.65. The van der Waals surface area contributed by atoms with Gasteiger partial charge in [0, 0.05) is 11.1 Å². The number of allylic oxidation sites excluding steroid dienone is 1. The molecule has 1 rings (SSSR count). The number of methoxy groups -OCH3 is 3. The van der Waals surface area contributed by atoms with Crippen LogP contribution in [0.25, 0.3) is 6.08 Å². The van der Waals surface area contributed by atoms with E-state index in [1.165, 1.54) is 0 Å². The van der Waals surface area contributed by atoms with Crippen LogP contribution >= 0.6 is 0 Å². The molecule has 0 atom stereocenters. The standard InChI is InChI=1S/C14H18O4/c1-9(8-15)6-11-7-12(16-3)14(18-5)10(2)13(11)17-4/h6-8H,1-5H3/b9-6+. The molecule has 0 spiro atoms. The van der Waals surface area contributed by atoms with Crippen molar-refractivity contribution in [2.24, 2.45) is 0 Å². The summed E-state index contributed by atoms with van der Waals surface area (Å²) in [7, 11) is 4.74. The van der Waals surface area contributed by atoms with Gasteiger partial charge in [-0.05, 0) is 31.6 Å². The van der Waals surface area contributed by atoms with E-state index in [0.717, 1.165) is 17.4 Å². The van der Waals surface area contributed by atoms with E-state index in [0.29, 0.717) is 22.8 Å². The van der Waals surface area contributed by atoms with E-state index < -0.39 is 0 Å². The fourth-order valence-electron chi connectivity index (χ4n) is 1.84. The predicted octanol–water partition coefficient (Wildman–Crippen LogP) is 2.62. The van der Waals surface area contributed by atoms with Crippen LogP contribution in [0.3, 0.4) is 0 Å². The van der Waals surface area contributed by atoms with Crippen LogP contribution in [0.2, 0.25) is 0 Å². The van der Waals surface area contributed by atoms with Gasteiger partial charge in [-0.2, -0.15) is 0 Å². The number of carbonyl (C=O) groups is 1. The molecule has 0 saturated heterocycles. The number of ether oxygens (including phenoxy) is 3. The summed E-state index contributed by atoms with van der Waals surface area (Å²) in [5, 5.41) is 0. The Morgan fingerprint density at radius 3 is 2.17 bits per heavy atom. The van der Waals surface area contributed by atoms with Crippen LogP contribution in [0.15, 0.2) is 11.6 Å². The molecule has 1 aromatic rings. The zero-order valence-corrected chi connectivity index (χ0v) is 11.4. The smallest absolute Gasteiger partial charge is 0.167 e. The van der Waals surface area contributed by atoms with Gasteiger partial charge in [-0.25, -0.2) is 0 Å². The maximum atomic E-state index is 10.7. The van der Waals surface area contributed by atoms with Crippen LogP contribution in [0, 0.1) is 6.92 Å². The average molecular weight is 250 g/mol. The van der Waals surface area contributed by atoms with Crippen molar-refractivity contribution in [2.45, 2.75) is 13.8 Å². The molecular formula is C14H18O4. The molecule has 98 valence electrons. The Hall–Kier alpha value is -1.97. The Morgan fingerprint density at radius 2 is 1.72 bits per heavy atom. The Balaban J connectivity index is 3.51. The summed E-state index contributed by atoms with van der Waals surface area (Å²) in [5.41, 5.74) is 2.24. The highest BCUT2D eigenvalue weighted by Crippen LogP contribution is 2.40. The van der Waals surface area contributed by atoms with Crippen LogP contribution in [0.5, 0.6) is 17.2 Å². The van der Waals surface area contributed by atoms with Crippen LogP contribution < -0.4 is 14.2 Å². The molecular weight excluding hydrogens is 232 g/mol. The van der Waals surface area contributed by atoms with E-state index in [9.17, 15) is 4.79 Å². The number of aldehydes is 1. The van der Waals surface area contributed by atoms with E-state index in [1.807, 2.05) is 6.92 Å². The largest absolute Gasteiger partial charge is 0.496 e. The molecule has 0 fully saturated rings. The van der Waals surface area contributed by atoms with Gasteiger partial charge in [0.05, 0.1) is 21.3 Å². The summed E-state index contributed by atoms with van der Waals surface area (Å²) in [4.78, 5) is 10.7. The second kappa shape index (κ2) is 6.10. The first-order valence-corrected chi connectivity index (χ1v) is 5.52. The zero-order chi connectivity index (χ0) is 13.7. The van der Waals surface area contributed by atoms with Gasteiger partial charge in [0.1, 0.15) is 12.0 Å². The van der Waals surface area contributed by atoms with Crippen molar-refractivity contribution in [2.75, 3.05) is 21.3 Å². The van der Waals surface area contributed by atoms with E-state index in [1.54, 1.807) is 40.4 Å². The number of hydrogen-bond donors (Lipinski definition) is 0. The number of rotatable bonds is 5.